The second-order valence-electron chi connectivity index (χ2n) is 5.34. The van der Waals surface area contributed by atoms with E-state index in [4.69, 9.17) is 11.6 Å². The average molecular weight is 326 g/mol. The van der Waals surface area contributed by atoms with Crippen LogP contribution < -0.4 is 10.6 Å². The second kappa shape index (κ2) is 7.47. The number of rotatable bonds is 4. The zero-order chi connectivity index (χ0) is 16.1. The molecule has 1 aliphatic rings. The van der Waals surface area contributed by atoms with Crippen molar-refractivity contribution in [2.45, 2.75) is 12.8 Å². The van der Waals surface area contributed by atoms with Crippen molar-refractivity contribution in [2.75, 3.05) is 32.0 Å². The molecular weight excluding hydrogens is 306 g/mol. The van der Waals surface area contributed by atoms with E-state index in [1.165, 1.54) is 12.1 Å². The number of anilines is 1. The Bertz CT molecular complexity index is 557. The first-order valence-corrected chi connectivity index (χ1v) is 7.61. The maximum absolute atomic E-state index is 12.3. The van der Waals surface area contributed by atoms with Crippen LogP contribution >= 0.6 is 11.6 Å². The Hall–Kier alpha value is -1.79. The first-order chi connectivity index (χ1) is 10.5. The van der Waals surface area contributed by atoms with Gasteiger partial charge in [0.25, 0.3) is 0 Å². The smallest absolute Gasteiger partial charge is 0.236 e. The van der Waals surface area contributed by atoms with Crippen molar-refractivity contribution in [1.29, 1.82) is 0 Å². The fourth-order valence-electron chi connectivity index (χ4n) is 2.50. The number of likely N-dealkylation sites (tertiary alicyclic amines) is 1. The van der Waals surface area contributed by atoms with Gasteiger partial charge in [0.15, 0.2) is 0 Å². The van der Waals surface area contributed by atoms with Crippen LogP contribution in [0.25, 0.3) is 0 Å². The van der Waals surface area contributed by atoms with Gasteiger partial charge in [-0.3, -0.25) is 9.59 Å². The number of piperidine rings is 1. The summed E-state index contributed by atoms with van der Waals surface area (Å²) in [6, 6.07) is 4.51. The van der Waals surface area contributed by atoms with Gasteiger partial charge in [-0.05, 0) is 38.1 Å². The molecule has 0 spiro atoms. The topological polar surface area (TPSA) is 81.7 Å². The standard InChI is InChI=1S/C15H20ClN3O3/c1-17-9-14(21)19-6-4-10(5-7-19)15(22)18-12-8-11(16)2-3-13(12)20/h2-3,8,10,17,20H,4-7,9H2,1H3,(H,18,22). The lowest BCUT2D eigenvalue weighted by Gasteiger charge is -2.31. The van der Waals surface area contributed by atoms with Crippen LogP contribution in [0.5, 0.6) is 5.75 Å². The van der Waals surface area contributed by atoms with Gasteiger partial charge < -0.3 is 20.6 Å². The number of phenolic OH excluding ortho intramolecular Hbond substituents is 1. The quantitative estimate of drug-likeness (QED) is 0.732. The van der Waals surface area contributed by atoms with E-state index in [2.05, 4.69) is 10.6 Å². The molecule has 0 saturated carbocycles. The summed E-state index contributed by atoms with van der Waals surface area (Å²) in [5.74, 6) is -0.288. The second-order valence-corrected chi connectivity index (χ2v) is 5.77. The molecule has 0 unspecified atom stereocenters. The van der Waals surface area contributed by atoms with E-state index in [1.54, 1.807) is 18.0 Å². The van der Waals surface area contributed by atoms with Crippen molar-refractivity contribution in [3.63, 3.8) is 0 Å². The molecule has 2 amide bonds. The summed E-state index contributed by atoms with van der Waals surface area (Å²) in [7, 11) is 1.73. The summed E-state index contributed by atoms with van der Waals surface area (Å²) in [6.45, 7) is 1.45. The van der Waals surface area contributed by atoms with E-state index < -0.39 is 0 Å². The van der Waals surface area contributed by atoms with Gasteiger partial charge in [0.1, 0.15) is 5.75 Å². The normalized spacial score (nSPS) is 15.6. The number of halogens is 1. The molecular formula is C15H20ClN3O3. The summed E-state index contributed by atoms with van der Waals surface area (Å²) < 4.78 is 0. The number of carbonyl (C=O) groups is 2. The van der Waals surface area contributed by atoms with Gasteiger partial charge in [0.05, 0.1) is 12.2 Å². The van der Waals surface area contributed by atoms with Crippen LogP contribution in [-0.4, -0.2) is 48.5 Å². The van der Waals surface area contributed by atoms with E-state index >= 15 is 0 Å². The van der Waals surface area contributed by atoms with Crippen LogP contribution in [-0.2, 0) is 9.59 Å². The third kappa shape index (κ3) is 4.11. The maximum atomic E-state index is 12.3. The first-order valence-electron chi connectivity index (χ1n) is 7.23. The molecule has 2 rings (SSSR count). The van der Waals surface area contributed by atoms with Gasteiger partial charge in [-0.2, -0.15) is 0 Å². The number of carbonyl (C=O) groups excluding carboxylic acids is 2. The van der Waals surface area contributed by atoms with Gasteiger partial charge in [0.2, 0.25) is 11.8 Å². The Labute approximate surface area is 134 Å². The molecule has 1 aromatic rings. The van der Waals surface area contributed by atoms with E-state index in [-0.39, 0.29) is 23.5 Å². The van der Waals surface area contributed by atoms with Crippen molar-refractivity contribution in [1.82, 2.24) is 10.2 Å². The van der Waals surface area contributed by atoms with Crippen LogP contribution in [0.4, 0.5) is 5.69 Å². The lowest BCUT2D eigenvalue weighted by atomic mass is 9.95. The molecule has 22 heavy (non-hydrogen) atoms. The van der Waals surface area contributed by atoms with Crippen LogP contribution in [0, 0.1) is 5.92 Å². The molecule has 1 aliphatic heterocycles. The molecule has 0 aliphatic carbocycles. The van der Waals surface area contributed by atoms with Crippen molar-refractivity contribution in [2.24, 2.45) is 5.92 Å². The summed E-state index contributed by atoms with van der Waals surface area (Å²) in [6.07, 6.45) is 1.23. The number of likely N-dealkylation sites (N-methyl/N-ethyl adjacent to an activating group) is 1. The number of amides is 2. The molecule has 1 saturated heterocycles. The highest BCUT2D eigenvalue weighted by molar-refractivity contribution is 6.31. The Morgan fingerprint density at radius 3 is 2.68 bits per heavy atom. The number of hydrogen-bond acceptors (Lipinski definition) is 4. The lowest BCUT2D eigenvalue weighted by Crippen LogP contribution is -2.44. The fraction of sp³-hybridized carbons (Fsp3) is 0.467. The SMILES string of the molecule is CNCC(=O)N1CCC(C(=O)Nc2cc(Cl)ccc2O)CC1. The third-order valence-electron chi connectivity index (χ3n) is 3.76. The van der Waals surface area contributed by atoms with Crippen LogP contribution in [0.1, 0.15) is 12.8 Å². The Kier molecular flexibility index (Phi) is 5.63. The van der Waals surface area contributed by atoms with Crippen molar-refractivity contribution in [3.8, 4) is 5.75 Å². The van der Waals surface area contributed by atoms with Crippen LogP contribution in [0.15, 0.2) is 18.2 Å². The molecule has 0 bridgehead atoms. The van der Waals surface area contributed by atoms with E-state index in [1.807, 2.05) is 0 Å². The number of aromatic hydroxyl groups is 1. The van der Waals surface area contributed by atoms with Crippen LogP contribution in [0.2, 0.25) is 5.02 Å². The van der Waals surface area contributed by atoms with E-state index in [0.29, 0.717) is 43.2 Å². The zero-order valence-corrected chi connectivity index (χ0v) is 13.2. The Morgan fingerprint density at radius 1 is 1.36 bits per heavy atom. The molecule has 7 heteroatoms. The van der Waals surface area contributed by atoms with Gasteiger partial charge in [-0.25, -0.2) is 0 Å². The van der Waals surface area contributed by atoms with Gasteiger partial charge in [0, 0.05) is 24.0 Å². The highest BCUT2D eigenvalue weighted by atomic mass is 35.5. The summed E-state index contributed by atoms with van der Waals surface area (Å²) in [5.41, 5.74) is 0.311. The van der Waals surface area contributed by atoms with E-state index in [9.17, 15) is 14.7 Å². The minimum atomic E-state index is -0.169. The maximum Gasteiger partial charge on any atom is 0.236 e. The van der Waals surface area contributed by atoms with Crippen molar-refractivity contribution < 1.29 is 14.7 Å². The predicted molar refractivity (Wildman–Crippen MR) is 85.0 cm³/mol. The molecule has 6 nitrogen and oxygen atoms in total. The number of benzene rings is 1. The molecule has 1 fully saturated rings. The number of phenols is 1. The highest BCUT2D eigenvalue weighted by Gasteiger charge is 2.27. The predicted octanol–water partition coefficient (Wildman–Crippen LogP) is 1.44. The Balaban J connectivity index is 1.90. The minimum absolute atomic E-state index is 0.0145. The van der Waals surface area contributed by atoms with Crippen LogP contribution in [0.3, 0.4) is 0 Å². The van der Waals surface area contributed by atoms with E-state index in [0.717, 1.165) is 0 Å². The molecule has 0 atom stereocenters. The molecule has 0 radical (unpaired) electrons. The van der Waals surface area contributed by atoms with Gasteiger partial charge in [-0.1, -0.05) is 11.6 Å². The fourth-order valence-corrected chi connectivity index (χ4v) is 2.67. The summed E-state index contributed by atoms with van der Waals surface area (Å²) >= 11 is 5.86. The van der Waals surface area contributed by atoms with Gasteiger partial charge >= 0.3 is 0 Å². The zero-order valence-electron chi connectivity index (χ0n) is 12.4. The number of hydrogen-bond donors (Lipinski definition) is 3. The van der Waals surface area contributed by atoms with Crippen molar-refractivity contribution in [3.05, 3.63) is 23.2 Å². The third-order valence-corrected chi connectivity index (χ3v) is 4.00. The first kappa shape index (κ1) is 16.6. The van der Waals surface area contributed by atoms with Gasteiger partial charge in [-0.15, -0.1) is 0 Å². The van der Waals surface area contributed by atoms with Crippen molar-refractivity contribution >= 4 is 29.1 Å². The lowest BCUT2D eigenvalue weighted by molar-refractivity contribution is -0.133. The minimum Gasteiger partial charge on any atom is -0.506 e. The monoisotopic (exact) mass is 325 g/mol. The number of nitrogens with one attached hydrogen (secondary N) is 2. The molecule has 1 aromatic carbocycles. The molecule has 1 heterocycles. The molecule has 0 aromatic heterocycles. The largest absolute Gasteiger partial charge is 0.506 e. The summed E-state index contributed by atoms with van der Waals surface area (Å²) in [5, 5.41) is 15.7. The molecule has 3 N–H and O–H groups in total. The highest BCUT2D eigenvalue weighted by Crippen LogP contribution is 2.28. The Morgan fingerprint density at radius 2 is 2.05 bits per heavy atom. The average Bonchev–Trinajstić information content (AvgIpc) is 2.51. The molecule has 120 valence electrons. The summed E-state index contributed by atoms with van der Waals surface area (Å²) in [4.78, 5) is 25.8. The number of nitrogens with zero attached hydrogens (tertiary/aromatic N) is 1.